The molecule has 1 aliphatic carbocycles. The van der Waals surface area contributed by atoms with E-state index in [0.29, 0.717) is 11.5 Å². The molecular formula is C26H36O3. The Bertz CT molecular complexity index is 740. The minimum absolute atomic E-state index is 0.187. The lowest BCUT2D eigenvalue weighted by Crippen LogP contribution is -2.30. The first-order chi connectivity index (χ1) is 13.9. The fraction of sp³-hybridized carbons (Fsp3) is 0.538. The second kappa shape index (κ2) is 10.6. The Morgan fingerprint density at radius 1 is 1.14 bits per heavy atom. The predicted octanol–water partition coefficient (Wildman–Crippen LogP) is 6.55. The van der Waals surface area contributed by atoms with Crippen LogP contribution in [-0.2, 0) is 9.53 Å². The van der Waals surface area contributed by atoms with Gasteiger partial charge in [0.1, 0.15) is 0 Å². The summed E-state index contributed by atoms with van der Waals surface area (Å²) < 4.78 is 5.38. The fourth-order valence-electron chi connectivity index (χ4n) is 4.96. The number of Topliss-reactive ketones (excluding diaryl/α,β-unsaturated/α-hetero) is 1. The monoisotopic (exact) mass is 396 g/mol. The van der Waals surface area contributed by atoms with Crippen LogP contribution in [0.4, 0.5) is 0 Å². The fourth-order valence-corrected chi connectivity index (χ4v) is 4.96. The Morgan fingerprint density at radius 3 is 2.34 bits per heavy atom. The van der Waals surface area contributed by atoms with E-state index in [1.165, 1.54) is 5.57 Å². The molecule has 0 bridgehead atoms. The van der Waals surface area contributed by atoms with Crippen LogP contribution in [0, 0.1) is 17.3 Å². The topological polar surface area (TPSA) is 43.4 Å². The third-order valence-corrected chi connectivity index (χ3v) is 6.84. The predicted molar refractivity (Wildman–Crippen MR) is 119 cm³/mol. The molecule has 1 aromatic carbocycles. The Balaban J connectivity index is 1.96. The molecule has 29 heavy (non-hydrogen) atoms. The molecule has 0 spiro atoms. The van der Waals surface area contributed by atoms with Crippen molar-refractivity contribution in [3.05, 3.63) is 59.7 Å². The largest absolute Gasteiger partial charge is 0.459 e. The molecule has 0 fully saturated rings. The summed E-state index contributed by atoms with van der Waals surface area (Å²) in [6.45, 7) is 13.6. The highest BCUT2D eigenvalue weighted by Gasteiger charge is 2.42. The minimum Gasteiger partial charge on any atom is -0.459 e. The Hall–Kier alpha value is -2.16. The van der Waals surface area contributed by atoms with Gasteiger partial charge in [-0.1, -0.05) is 81.8 Å². The van der Waals surface area contributed by atoms with Gasteiger partial charge in [0, 0.05) is 5.56 Å². The maximum Gasteiger partial charge on any atom is 0.379 e. The number of hydrogen-bond acceptors (Lipinski definition) is 3. The number of hydrogen-bond donors (Lipinski definition) is 0. The van der Waals surface area contributed by atoms with Gasteiger partial charge < -0.3 is 4.74 Å². The molecule has 0 amide bonds. The van der Waals surface area contributed by atoms with Crippen LogP contribution >= 0.6 is 0 Å². The molecule has 0 heterocycles. The van der Waals surface area contributed by atoms with Crippen molar-refractivity contribution >= 4 is 11.8 Å². The molecule has 3 heteroatoms. The first kappa shape index (κ1) is 23.1. The van der Waals surface area contributed by atoms with Crippen LogP contribution in [0.25, 0.3) is 0 Å². The van der Waals surface area contributed by atoms with Gasteiger partial charge in [-0.2, -0.15) is 0 Å². The molecule has 0 saturated carbocycles. The van der Waals surface area contributed by atoms with Gasteiger partial charge in [0.05, 0.1) is 6.61 Å². The van der Waals surface area contributed by atoms with E-state index in [0.717, 1.165) is 38.5 Å². The Morgan fingerprint density at radius 2 is 1.79 bits per heavy atom. The van der Waals surface area contributed by atoms with Gasteiger partial charge in [0.25, 0.3) is 5.78 Å². The van der Waals surface area contributed by atoms with Gasteiger partial charge >= 0.3 is 5.97 Å². The summed E-state index contributed by atoms with van der Waals surface area (Å²) in [7, 11) is 0. The SMILES string of the molecule is C=C(CC(CC)COC(=O)C(=O)c1ccccc1)C1CC=C(CC)C1(CC)CC. The molecule has 2 unspecified atom stereocenters. The molecular weight excluding hydrogens is 360 g/mol. The van der Waals surface area contributed by atoms with E-state index >= 15 is 0 Å². The quantitative estimate of drug-likeness (QED) is 0.184. The second-order valence-corrected chi connectivity index (χ2v) is 8.16. The van der Waals surface area contributed by atoms with Crippen molar-refractivity contribution in [2.75, 3.05) is 6.61 Å². The van der Waals surface area contributed by atoms with Crippen LogP contribution in [-0.4, -0.2) is 18.4 Å². The van der Waals surface area contributed by atoms with Crippen molar-refractivity contribution in [3.63, 3.8) is 0 Å². The number of ether oxygens (including phenoxy) is 1. The summed E-state index contributed by atoms with van der Waals surface area (Å²) in [5.41, 5.74) is 3.42. The average Bonchev–Trinajstić information content (AvgIpc) is 3.15. The van der Waals surface area contributed by atoms with E-state index in [1.807, 2.05) is 6.07 Å². The molecule has 0 saturated heterocycles. The first-order valence-electron chi connectivity index (χ1n) is 11.1. The van der Waals surface area contributed by atoms with Gasteiger partial charge in [-0.25, -0.2) is 4.79 Å². The highest BCUT2D eigenvalue weighted by atomic mass is 16.5. The summed E-state index contributed by atoms with van der Waals surface area (Å²) in [5.74, 6) is -0.703. The van der Waals surface area contributed by atoms with Gasteiger partial charge in [0.15, 0.2) is 0 Å². The highest BCUT2D eigenvalue weighted by Crippen LogP contribution is 2.53. The summed E-state index contributed by atoms with van der Waals surface area (Å²) in [4.78, 5) is 24.4. The lowest BCUT2D eigenvalue weighted by molar-refractivity contribution is -0.139. The van der Waals surface area contributed by atoms with E-state index < -0.39 is 11.8 Å². The molecule has 0 N–H and O–H groups in total. The standard InChI is InChI=1S/C26H36O3/c1-6-20(18-29-25(28)24(27)21-13-11-10-12-14-21)17-19(5)23-16-15-22(7-2)26(23,8-3)9-4/h10-15,20,23H,5-9,16-18H2,1-4H3. The smallest absolute Gasteiger partial charge is 0.379 e. The molecule has 158 valence electrons. The van der Waals surface area contributed by atoms with Crippen LogP contribution in [0.15, 0.2) is 54.1 Å². The number of esters is 1. The van der Waals surface area contributed by atoms with Gasteiger partial charge in [-0.3, -0.25) is 4.79 Å². The third kappa shape index (κ3) is 5.07. The van der Waals surface area contributed by atoms with Crippen molar-refractivity contribution < 1.29 is 14.3 Å². The van der Waals surface area contributed by atoms with Crippen molar-refractivity contribution in [2.24, 2.45) is 17.3 Å². The minimum atomic E-state index is -0.771. The number of ketones is 1. The zero-order chi connectivity index (χ0) is 21.4. The van der Waals surface area contributed by atoms with Gasteiger partial charge in [0.2, 0.25) is 0 Å². The van der Waals surface area contributed by atoms with Crippen LogP contribution in [0.2, 0.25) is 0 Å². The van der Waals surface area contributed by atoms with Crippen molar-refractivity contribution in [2.45, 2.75) is 66.2 Å². The molecule has 3 nitrogen and oxygen atoms in total. The van der Waals surface area contributed by atoms with Crippen molar-refractivity contribution in [1.82, 2.24) is 0 Å². The molecule has 1 aliphatic rings. The van der Waals surface area contributed by atoms with E-state index in [-0.39, 0.29) is 17.9 Å². The lowest BCUT2D eigenvalue weighted by Gasteiger charge is -2.39. The van der Waals surface area contributed by atoms with E-state index in [9.17, 15) is 9.59 Å². The summed E-state index contributed by atoms with van der Waals surface area (Å²) in [6, 6.07) is 8.57. The number of allylic oxidation sites excluding steroid dienone is 3. The van der Waals surface area contributed by atoms with Crippen molar-refractivity contribution in [3.8, 4) is 0 Å². The van der Waals surface area contributed by atoms with E-state index in [2.05, 4.69) is 40.3 Å². The Labute approximate surface area is 176 Å². The molecule has 1 aromatic rings. The summed E-state index contributed by atoms with van der Waals surface area (Å²) in [6.07, 6.45) is 8.56. The first-order valence-corrected chi connectivity index (χ1v) is 11.1. The van der Waals surface area contributed by atoms with E-state index in [1.54, 1.807) is 29.8 Å². The van der Waals surface area contributed by atoms with E-state index in [4.69, 9.17) is 4.74 Å². The maximum absolute atomic E-state index is 12.2. The molecule has 2 atom stereocenters. The molecule has 0 aliphatic heterocycles. The van der Waals surface area contributed by atoms with Crippen LogP contribution in [0.5, 0.6) is 0 Å². The van der Waals surface area contributed by atoms with Crippen molar-refractivity contribution in [1.29, 1.82) is 0 Å². The normalized spacial score (nSPS) is 18.8. The van der Waals surface area contributed by atoms with Gasteiger partial charge in [-0.05, 0) is 55.8 Å². The zero-order valence-corrected chi connectivity index (χ0v) is 18.5. The van der Waals surface area contributed by atoms with Crippen LogP contribution < -0.4 is 0 Å². The summed E-state index contributed by atoms with van der Waals surface area (Å²) >= 11 is 0. The second-order valence-electron chi connectivity index (χ2n) is 8.16. The number of carbonyl (C=O) groups excluding carboxylic acids is 2. The lowest BCUT2D eigenvalue weighted by atomic mass is 9.65. The van der Waals surface area contributed by atoms with Crippen LogP contribution in [0.1, 0.15) is 76.6 Å². The van der Waals surface area contributed by atoms with Crippen LogP contribution in [0.3, 0.4) is 0 Å². The molecule has 2 rings (SSSR count). The molecule has 0 aromatic heterocycles. The highest BCUT2D eigenvalue weighted by molar-refractivity contribution is 6.40. The van der Waals surface area contributed by atoms with Gasteiger partial charge in [-0.15, -0.1) is 0 Å². The summed E-state index contributed by atoms with van der Waals surface area (Å²) in [5, 5.41) is 0. The Kier molecular flexibility index (Phi) is 8.43. The number of rotatable bonds is 11. The third-order valence-electron chi connectivity index (χ3n) is 6.84. The average molecular weight is 397 g/mol. The number of benzene rings is 1. The number of carbonyl (C=O) groups is 2. The maximum atomic E-state index is 12.2. The zero-order valence-electron chi connectivity index (χ0n) is 18.5. The molecule has 0 radical (unpaired) electrons.